The van der Waals surface area contributed by atoms with E-state index < -0.39 is 0 Å². The van der Waals surface area contributed by atoms with E-state index in [0.717, 1.165) is 29.0 Å². The molecule has 0 unspecified atom stereocenters. The van der Waals surface area contributed by atoms with Crippen molar-refractivity contribution in [3.8, 4) is 11.5 Å². The van der Waals surface area contributed by atoms with E-state index in [2.05, 4.69) is 4.90 Å². The Labute approximate surface area is 193 Å². The Bertz CT molecular complexity index is 981. The van der Waals surface area contributed by atoms with Crippen molar-refractivity contribution in [3.05, 3.63) is 54.1 Å². The summed E-state index contributed by atoms with van der Waals surface area (Å²) in [5, 5.41) is 0.634. The van der Waals surface area contributed by atoms with Crippen LogP contribution in [0.3, 0.4) is 0 Å². The van der Waals surface area contributed by atoms with E-state index in [1.165, 1.54) is 11.3 Å². The van der Waals surface area contributed by atoms with Crippen LogP contribution in [0.4, 0.5) is 5.13 Å². The molecule has 0 N–H and O–H groups in total. The van der Waals surface area contributed by atoms with E-state index >= 15 is 0 Å². The van der Waals surface area contributed by atoms with Gasteiger partial charge in [-0.05, 0) is 50.8 Å². The second kappa shape index (κ2) is 11.7. The molecule has 0 atom stereocenters. The highest BCUT2D eigenvalue weighted by atomic mass is 35.5. The molecule has 0 saturated heterocycles. The van der Waals surface area contributed by atoms with Crippen molar-refractivity contribution >= 4 is 51.1 Å². The highest BCUT2D eigenvalue weighted by Crippen LogP contribution is 2.40. The molecule has 0 aliphatic rings. The summed E-state index contributed by atoms with van der Waals surface area (Å²) in [6.45, 7) is 1.45. The number of anilines is 1. The van der Waals surface area contributed by atoms with Gasteiger partial charge in [0.15, 0.2) is 5.13 Å². The fourth-order valence-corrected chi connectivity index (χ4v) is 4.16. The smallest absolute Gasteiger partial charge is 0.252 e. The normalized spacial score (nSPS) is 11.0. The third-order valence-electron chi connectivity index (χ3n) is 4.60. The molecule has 0 radical (unpaired) electrons. The molecule has 166 valence electrons. The van der Waals surface area contributed by atoms with Crippen molar-refractivity contribution in [1.29, 1.82) is 0 Å². The molecule has 1 heterocycles. The Morgan fingerprint density at radius 1 is 1.03 bits per heavy atom. The molecule has 1 amide bonds. The molecule has 0 fully saturated rings. The molecule has 0 saturated carbocycles. The van der Waals surface area contributed by atoms with Gasteiger partial charge in [-0.25, -0.2) is 4.98 Å². The topological polar surface area (TPSA) is 54.9 Å². The van der Waals surface area contributed by atoms with E-state index in [-0.39, 0.29) is 18.3 Å². The fourth-order valence-electron chi connectivity index (χ4n) is 3.06. The highest BCUT2D eigenvalue weighted by Gasteiger charge is 2.21. The number of thiazole rings is 1. The van der Waals surface area contributed by atoms with Crippen LogP contribution in [0.25, 0.3) is 16.3 Å². The number of amides is 1. The quantitative estimate of drug-likeness (QED) is 0.431. The van der Waals surface area contributed by atoms with Gasteiger partial charge in [0.25, 0.3) is 5.91 Å². The number of hydrogen-bond acceptors (Lipinski definition) is 6. The maximum absolute atomic E-state index is 13.1. The van der Waals surface area contributed by atoms with Crippen molar-refractivity contribution in [3.63, 3.8) is 0 Å². The van der Waals surface area contributed by atoms with Gasteiger partial charge >= 0.3 is 0 Å². The molecule has 2 aromatic carbocycles. The second-order valence-electron chi connectivity index (χ2n) is 7.03. The number of ether oxygens (including phenoxy) is 2. The van der Waals surface area contributed by atoms with Gasteiger partial charge in [0.1, 0.15) is 21.7 Å². The Morgan fingerprint density at radius 3 is 2.35 bits per heavy atom. The lowest BCUT2D eigenvalue weighted by Crippen LogP contribution is -2.32. The Hall–Kier alpha value is -2.61. The number of carbonyl (C=O) groups excluding carboxylic acids is 1. The third kappa shape index (κ3) is 6.19. The van der Waals surface area contributed by atoms with E-state index in [4.69, 9.17) is 14.5 Å². The predicted octanol–water partition coefficient (Wildman–Crippen LogP) is 4.73. The molecular weight excluding hydrogens is 434 g/mol. The SMILES string of the molecule is COc1ccc(OC)c2sc(N(CCCN(C)C)C(=O)C=Cc3ccccc3)nc12.Cl. The summed E-state index contributed by atoms with van der Waals surface area (Å²) in [4.78, 5) is 21.7. The van der Waals surface area contributed by atoms with Crippen molar-refractivity contribution < 1.29 is 14.3 Å². The first-order valence-corrected chi connectivity index (χ1v) is 10.6. The number of carbonyl (C=O) groups is 1. The van der Waals surface area contributed by atoms with Crippen molar-refractivity contribution in [1.82, 2.24) is 9.88 Å². The van der Waals surface area contributed by atoms with Crippen LogP contribution >= 0.6 is 23.7 Å². The van der Waals surface area contributed by atoms with Crippen LogP contribution in [-0.2, 0) is 4.79 Å². The zero-order chi connectivity index (χ0) is 21.5. The summed E-state index contributed by atoms with van der Waals surface area (Å²) in [6, 6.07) is 13.5. The maximum Gasteiger partial charge on any atom is 0.252 e. The van der Waals surface area contributed by atoms with E-state index in [1.807, 2.05) is 62.6 Å². The summed E-state index contributed by atoms with van der Waals surface area (Å²) >= 11 is 1.44. The molecule has 0 aliphatic carbocycles. The molecule has 1 aromatic heterocycles. The number of rotatable bonds is 9. The van der Waals surface area contributed by atoms with Gasteiger partial charge in [0.05, 0.1) is 14.2 Å². The minimum Gasteiger partial charge on any atom is -0.495 e. The Morgan fingerprint density at radius 2 is 1.71 bits per heavy atom. The summed E-state index contributed by atoms with van der Waals surface area (Å²) in [5.41, 5.74) is 1.68. The fraction of sp³-hybridized carbons (Fsp3) is 0.304. The molecule has 0 bridgehead atoms. The average molecular weight is 462 g/mol. The molecule has 3 aromatic rings. The van der Waals surface area contributed by atoms with Crippen LogP contribution in [0.2, 0.25) is 0 Å². The summed E-state index contributed by atoms with van der Waals surface area (Å²) < 4.78 is 11.8. The number of benzene rings is 2. The van der Waals surface area contributed by atoms with Crippen LogP contribution in [0.5, 0.6) is 11.5 Å². The number of nitrogens with zero attached hydrogens (tertiary/aromatic N) is 3. The molecule has 0 spiro atoms. The van der Waals surface area contributed by atoms with Crippen LogP contribution in [-0.4, -0.2) is 57.2 Å². The van der Waals surface area contributed by atoms with E-state index in [0.29, 0.717) is 22.9 Å². The van der Waals surface area contributed by atoms with Crippen molar-refractivity contribution in [2.45, 2.75) is 6.42 Å². The first-order chi connectivity index (χ1) is 14.5. The summed E-state index contributed by atoms with van der Waals surface area (Å²) in [5.74, 6) is 1.28. The van der Waals surface area contributed by atoms with Gasteiger partial charge in [-0.2, -0.15) is 0 Å². The molecular formula is C23H28ClN3O3S. The predicted molar refractivity (Wildman–Crippen MR) is 131 cm³/mol. The monoisotopic (exact) mass is 461 g/mol. The van der Waals surface area contributed by atoms with Gasteiger partial charge in [-0.15, -0.1) is 12.4 Å². The third-order valence-corrected chi connectivity index (χ3v) is 5.69. The number of hydrogen-bond donors (Lipinski definition) is 0. The minimum absolute atomic E-state index is 0. The largest absolute Gasteiger partial charge is 0.495 e. The maximum atomic E-state index is 13.1. The number of fused-ring (bicyclic) bond motifs is 1. The van der Waals surface area contributed by atoms with Gasteiger partial charge in [0.2, 0.25) is 0 Å². The molecule has 31 heavy (non-hydrogen) atoms. The number of methoxy groups -OCH3 is 2. The zero-order valence-electron chi connectivity index (χ0n) is 18.2. The lowest BCUT2D eigenvalue weighted by Gasteiger charge is -2.19. The summed E-state index contributed by atoms with van der Waals surface area (Å²) in [6.07, 6.45) is 4.27. The van der Waals surface area contributed by atoms with Crippen molar-refractivity contribution in [2.75, 3.05) is 46.3 Å². The van der Waals surface area contributed by atoms with E-state index in [9.17, 15) is 4.79 Å². The summed E-state index contributed by atoms with van der Waals surface area (Å²) in [7, 11) is 7.29. The minimum atomic E-state index is -0.102. The molecule has 3 rings (SSSR count). The van der Waals surface area contributed by atoms with E-state index in [1.54, 1.807) is 25.2 Å². The number of aromatic nitrogens is 1. The highest BCUT2D eigenvalue weighted by molar-refractivity contribution is 7.22. The lowest BCUT2D eigenvalue weighted by molar-refractivity contribution is -0.114. The van der Waals surface area contributed by atoms with Crippen LogP contribution in [0.15, 0.2) is 48.5 Å². The first kappa shape index (κ1) is 24.7. The molecule has 6 nitrogen and oxygen atoms in total. The number of halogens is 1. The molecule has 0 aliphatic heterocycles. The second-order valence-corrected chi connectivity index (χ2v) is 8.01. The zero-order valence-corrected chi connectivity index (χ0v) is 19.8. The Kier molecular flexibility index (Phi) is 9.30. The van der Waals surface area contributed by atoms with Gasteiger partial charge in [-0.3, -0.25) is 9.69 Å². The van der Waals surface area contributed by atoms with Gasteiger partial charge < -0.3 is 14.4 Å². The average Bonchev–Trinajstić information content (AvgIpc) is 3.20. The molecule has 8 heteroatoms. The first-order valence-electron chi connectivity index (χ1n) is 9.74. The van der Waals surface area contributed by atoms with Gasteiger partial charge in [-0.1, -0.05) is 41.7 Å². The lowest BCUT2D eigenvalue weighted by atomic mass is 10.2. The standard InChI is InChI=1S/C23H27N3O3S.ClH/c1-25(2)15-8-16-26(20(27)14-11-17-9-6-5-7-10-17)23-24-21-18(28-3)12-13-19(29-4)22(21)30-23;/h5-7,9-14H,8,15-16H2,1-4H3;1H. The van der Waals surface area contributed by atoms with Crippen LogP contribution in [0, 0.1) is 0 Å². The van der Waals surface area contributed by atoms with Crippen LogP contribution in [0.1, 0.15) is 12.0 Å². The Balaban J connectivity index is 0.00000341. The van der Waals surface area contributed by atoms with Crippen LogP contribution < -0.4 is 14.4 Å². The van der Waals surface area contributed by atoms with Gasteiger partial charge in [0, 0.05) is 12.6 Å². The van der Waals surface area contributed by atoms with Crippen molar-refractivity contribution in [2.24, 2.45) is 0 Å².